The zero-order chi connectivity index (χ0) is 11.5. The highest BCUT2D eigenvalue weighted by molar-refractivity contribution is 9.10. The smallest absolute Gasteiger partial charge is 0.147 e. The first-order valence-corrected chi connectivity index (χ1v) is 5.51. The van der Waals surface area contributed by atoms with Crippen molar-refractivity contribution in [3.05, 3.63) is 64.1 Å². The standard InChI is InChI=1S/C12H9BrFNO/c13-10-4-2-1-3-8(10)12(16)9-5-6-15-7-11(9)14/h1-7,12,16H. The molecule has 0 amide bonds. The van der Waals surface area contributed by atoms with Crippen LogP contribution >= 0.6 is 15.9 Å². The third-order valence-electron chi connectivity index (χ3n) is 2.30. The minimum Gasteiger partial charge on any atom is -0.384 e. The Balaban J connectivity index is 2.44. The van der Waals surface area contributed by atoms with Gasteiger partial charge in [-0.25, -0.2) is 4.39 Å². The van der Waals surface area contributed by atoms with E-state index in [1.54, 1.807) is 18.2 Å². The molecule has 0 saturated carbocycles. The lowest BCUT2D eigenvalue weighted by Gasteiger charge is -2.13. The van der Waals surface area contributed by atoms with Crippen molar-refractivity contribution in [3.8, 4) is 0 Å². The number of rotatable bonds is 2. The van der Waals surface area contributed by atoms with Crippen LogP contribution in [-0.2, 0) is 0 Å². The summed E-state index contributed by atoms with van der Waals surface area (Å²) in [6.07, 6.45) is 1.56. The second-order valence-corrected chi connectivity index (χ2v) is 4.18. The molecule has 0 radical (unpaired) electrons. The van der Waals surface area contributed by atoms with Gasteiger partial charge in [0.05, 0.1) is 6.20 Å². The lowest BCUT2D eigenvalue weighted by atomic mass is 10.0. The molecule has 0 fully saturated rings. The summed E-state index contributed by atoms with van der Waals surface area (Å²) in [6.45, 7) is 0. The maximum absolute atomic E-state index is 13.4. The molecular weight excluding hydrogens is 273 g/mol. The molecule has 2 nitrogen and oxygen atoms in total. The van der Waals surface area contributed by atoms with Gasteiger partial charge in [0.15, 0.2) is 0 Å². The Bertz CT molecular complexity index is 458. The average molecular weight is 282 g/mol. The zero-order valence-electron chi connectivity index (χ0n) is 8.27. The molecule has 0 aliphatic rings. The molecule has 0 aliphatic heterocycles. The van der Waals surface area contributed by atoms with Crippen LogP contribution in [0.3, 0.4) is 0 Å². The van der Waals surface area contributed by atoms with E-state index < -0.39 is 11.9 Å². The Morgan fingerprint density at radius 3 is 2.62 bits per heavy atom. The van der Waals surface area contributed by atoms with Crippen LogP contribution in [0.25, 0.3) is 0 Å². The summed E-state index contributed by atoms with van der Waals surface area (Å²) < 4.78 is 14.2. The van der Waals surface area contributed by atoms with Crippen molar-refractivity contribution in [1.82, 2.24) is 4.98 Å². The van der Waals surface area contributed by atoms with E-state index in [1.807, 2.05) is 6.07 Å². The molecule has 0 saturated heterocycles. The summed E-state index contributed by atoms with van der Waals surface area (Å²) >= 11 is 3.32. The topological polar surface area (TPSA) is 33.1 Å². The van der Waals surface area contributed by atoms with Crippen molar-refractivity contribution in [3.63, 3.8) is 0 Å². The third-order valence-corrected chi connectivity index (χ3v) is 3.02. The fraction of sp³-hybridized carbons (Fsp3) is 0.0833. The largest absolute Gasteiger partial charge is 0.384 e. The van der Waals surface area contributed by atoms with Gasteiger partial charge in [-0.1, -0.05) is 34.1 Å². The van der Waals surface area contributed by atoms with Crippen molar-refractivity contribution in [2.24, 2.45) is 0 Å². The second-order valence-electron chi connectivity index (χ2n) is 3.32. The molecule has 4 heteroatoms. The van der Waals surface area contributed by atoms with E-state index in [4.69, 9.17) is 0 Å². The maximum atomic E-state index is 13.4. The van der Waals surface area contributed by atoms with Gasteiger partial charge in [0, 0.05) is 16.2 Å². The SMILES string of the molecule is OC(c1ccncc1F)c1ccccc1Br. The Labute approximate surface area is 101 Å². The molecule has 1 heterocycles. The molecule has 1 aromatic carbocycles. The number of aliphatic hydroxyl groups is 1. The van der Waals surface area contributed by atoms with Crippen LogP contribution in [0.2, 0.25) is 0 Å². The van der Waals surface area contributed by atoms with Crippen LogP contribution in [0, 0.1) is 5.82 Å². The molecule has 1 aromatic heterocycles. The summed E-state index contributed by atoms with van der Waals surface area (Å²) in [5.74, 6) is -0.509. The van der Waals surface area contributed by atoms with Gasteiger partial charge in [-0.05, 0) is 17.7 Å². The highest BCUT2D eigenvalue weighted by Crippen LogP contribution is 2.29. The van der Waals surface area contributed by atoms with E-state index >= 15 is 0 Å². The van der Waals surface area contributed by atoms with Crippen LogP contribution in [0.15, 0.2) is 47.2 Å². The van der Waals surface area contributed by atoms with E-state index in [2.05, 4.69) is 20.9 Å². The zero-order valence-corrected chi connectivity index (χ0v) is 9.86. The first-order chi connectivity index (χ1) is 7.70. The number of nitrogens with zero attached hydrogens (tertiary/aromatic N) is 1. The minimum absolute atomic E-state index is 0.224. The first-order valence-electron chi connectivity index (χ1n) is 4.72. The average Bonchev–Trinajstić information content (AvgIpc) is 2.29. The molecule has 2 aromatic rings. The molecule has 2 rings (SSSR count). The van der Waals surface area contributed by atoms with Gasteiger partial charge in [-0.2, -0.15) is 0 Å². The Kier molecular flexibility index (Phi) is 3.31. The third kappa shape index (κ3) is 2.13. The van der Waals surface area contributed by atoms with Gasteiger partial charge in [0.2, 0.25) is 0 Å². The molecule has 82 valence electrons. The first kappa shape index (κ1) is 11.2. The lowest BCUT2D eigenvalue weighted by molar-refractivity contribution is 0.214. The van der Waals surface area contributed by atoms with Crippen LogP contribution in [-0.4, -0.2) is 10.1 Å². The van der Waals surface area contributed by atoms with Crippen molar-refractivity contribution >= 4 is 15.9 Å². The fourth-order valence-electron chi connectivity index (χ4n) is 1.47. The van der Waals surface area contributed by atoms with Gasteiger partial charge >= 0.3 is 0 Å². The highest BCUT2D eigenvalue weighted by atomic mass is 79.9. The summed E-state index contributed by atoms with van der Waals surface area (Å²) in [6, 6.07) is 8.65. The van der Waals surface area contributed by atoms with Crippen molar-refractivity contribution < 1.29 is 9.50 Å². The Morgan fingerprint density at radius 1 is 1.19 bits per heavy atom. The molecule has 0 spiro atoms. The van der Waals surface area contributed by atoms with Gasteiger partial charge in [0.1, 0.15) is 11.9 Å². The van der Waals surface area contributed by atoms with Gasteiger partial charge in [0.25, 0.3) is 0 Å². The predicted molar refractivity (Wildman–Crippen MR) is 62.4 cm³/mol. The fourth-order valence-corrected chi connectivity index (χ4v) is 1.97. The number of hydrogen-bond acceptors (Lipinski definition) is 2. The summed E-state index contributed by atoms with van der Waals surface area (Å²) in [4.78, 5) is 3.65. The van der Waals surface area contributed by atoms with Crippen molar-refractivity contribution in [1.29, 1.82) is 0 Å². The van der Waals surface area contributed by atoms with Crippen molar-refractivity contribution in [2.45, 2.75) is 6.10 Å². The Morgan fingerprint density at radius 2 is 1.94 bits per heavy atom. The second kappa shape index (κ2) is 4.72. The normalized spacial score (nSPS) is 12.4. The molecule has 1 unspecified atom stereocenters. The lowest BCUT2D eigenvalue weighted by Crippen LogP contribution is -2.03. The molecule has 1 atom stereocenters. The van der Waals surface area contributed by atoms with E-state index in [-0.39, 0.29) is 5.56 Å². The highest BCUT2D eigenvalue weighted by Gasteiger charge is 2.16. The van der Waals surface area contributed by atoms with E-state index in [0.29, 0.717) is 5.56 Å². The molecule has 16 heavy (non-hydrogen) atoms. The van der Waals surface area contributed by atoms with Crippen LogP contribution in [0.4, 0.5) is 4.39 Å². The quantitative estimate of drug-likeness (QED) is 0.918. The number of aliphatic hydroxyl groups excluding tert-OH is 1. The predicted octanol–water partition coefficient (Wildman–Crippen LogP) is 3.06. The number of aromatic nitrogens is 1. The molecular formula is C12H9BrFNO. The number of benzene rings is 1. The number of hydrogen-bond donors (Lipinski definition) is 1. The summed E-state index contributed by atoms with van der Waals surface area (Å²) in [5.41, 5.74) is 0.856. The van der Waals surface area contributed by atoms with Crippen LogP contribution in [0.1, 0.15) is 17.2 Å². The van der Waals surface area contributed by atoms with E-state index in [1.165, 1.54) is 12.3 Å². The van der Waals surface area contributed by atoms with E-state index in [9.17, 15) is 9.50 Å². The van der Waals surface area contributed by atoms with Crippen LogP contribution < -0.4 is 0 Å². The van der Waals surface area contributed by atoms with Gasteiger partial charge in [-0.15, -0.1) is 0 Å². The van der Waals surface area contributed by atoms with Crippen LogP contribution in [0.5, 0.6) is 0 Å². The van der Waals surface area contributed by atoms with Gasteiger partial charge < -0.3 is 5.11 Å². The molecule has 0 aliphatic carbocycles. The maximum Gasteiger partial charge on any atom is 0.147 e. The monoisotopic (exact) mass is 281 g/mol. The minimum atomic E-state index is -0.987. The van der Waals surface area contributed by atoms with Crippen molar-refractivity contribution in [2.75, 3.05) is 0 Å². The summed E-state index contributed by atoms with van der Waals surface area (Å²) in [7, 11) is 0. The van der Waals surface area contributed by atoms with Gasteiger partial charge in [-0.3, -0.25) is 4.98 Å². The Hall–Kier alpha value is -1.26. The molecule has 1 N–H and O–H groups in total. The number of pyridine rings is 1. The number of halogens is 2. The summed E-state index contributed by atoms with van der Waals surface area (Å²) in [5, 5.41) is 10.1. The molecule has 0 bridgehead atoms. The van der Waals surface area contributed by atoms with E-state index in [0.717, 1.165) is 10.7 Å².